The van der Waals surface area contributed by atoms with Gasteiger partial charge in [0.1, 0.15) is 0 Å². The Kier molecular flexibility index (Phi) is 3.64. The van der Waals surface area contributed by atoms with Crippen LogP contribution < -0.4 is 0 Å². The van der Waals surface area contributed by atoms with Crippen molar-refractivity contribution in [2.24, 2.45) is 17.8 Å². The molecule has 1 aliphatic carbocycles. The highest BCUT2D eigenvalue weighted by Gasteiger charge is 2.20. The quantitative estimate of drug-likeness (QED) is 0.454. The molecule has 0 unspecified atom stereocenters. The molecule has 1 aliphatic rings. The maximum Gasteiger partial charge on any atom is 0.0436 e. The molecule has 0 fully saturated rings. The van der Waals surface area contributed by atoms with E-state index < -0.39 is 0 Å². The lowest BCUT2D eigenvalue weighted by atomic mass is 9.79. The van der Waals surface area contributed by atoms with E-state index >= 15 is 0 Å². The first-order valence-electron chi connectivity index (χ1n) is 4.91. The second kappa shape index (κ2) is 4.32. The average molecular weight is 187 g/mol. The Bertz CT molecular complexity index is 170. The minimum Gasteiger partial charge on any atom is -0.122 e. The van der Waals surface area contributed by atoms with Crippen molar-refractivity contribution in [3.63, 3.8) is 0 Å². The molecule has 0 heterocycles. The van der Waals surface area contributed by atoms with E-state index in [4.69, 9.17) is 11.6 Å². The number of allylic oxidation sites excluding steroid dienone is 2. The second-order valence-corrected chi connectivity index (χ2v) is 4.53. The van der Waals surface area contributed by atoms with Gasteiger partial charge in [-0.25, -0.2) is 0 Å². The lowest BCUT2D eigenvalue weighted by molar-refractivity contribution is 0.373. The molecule has 0 bridgehead atoms. The highest BCUT2D eigenvalue weighted by Crippen LogP contribution is 2.32. The Labute approximate surface area is 81.0 Å². The van der Waals surface area contributed by atoms with Crippen molar-refractivity contribution in [1.82, 2.24) is 0 Å². The van der Waals surface area contributed by atoms with Crippen LogP contribution in [0.1, 0.15) is 33.6 Å². The largest absolute Gasteiger partial charge is 0.122 e. The standard InChI is InChI=1S/C11H19Cl/c1-8(2)10-5-4-9(3)11(6-10)7-12/h6,8-10H,4-5,7H2,1-3H3/t9-,10+/m0/s1. The number of alkyl halides is 1. The first-order chi connectivity index (χ1) is 5.65. The lowest BCUT2D eigenvalue weighted by Crippen LogP contribution is -2.16. The van der Waals surface area contributed by atoms with Crippen LogP contribution in [-0.4, -0.2) is 5.88 Å². The van der Waals surface area contributed by atoms with Gasteiger partial charge in [-0.05, 0) is 30.6 Å². The van der Waals surface area contributed by atoms with Crippen LogP contribution in [0.3, 0.4) is 0 Å². The van der Waals surface area contributed by atoms with Gasteiger partial charge in [0.25, 0.3) is 0 Å². The predicted octanol–water partition coefficient (Wildman–Crippen LogP) is 3.85. The Balaban J connectivity index is 2.66. The molecule has 0 aromatic rings. The molecule has 0 aliphatic heterocycles. The Hall–Kier alpha value is 0.0300. The highest BCUT2D eigenvalue weighted by molar-refractivity contribution is 6.19. The fraction of sp³-hybridized carbons (Fsp3) is 0.818. The Morgan fingerprint density at radius 2 is 2.17 bits per heavy atom. The second-order valence-electron chi connectivity index (χ2n) is 4.26. The molecule has 0 aromatic heterocycles. The van der Waals surface area contributed by atoms with Crippen LogP contribution in [0.25, 0.3) is 0 Å². The van der Waals surface area contributed by atoms with Gasteiger partial charge in [0, 0.05) is 5.88 Å². The van der Waals surface area contributed by atoms with Gasteiger partial charge in [-0.15, -0.1) is 11.6 Å². The summed E-state index contributed by atoms with van der Waals surface area (Å²) >= 11 is 5.88. The maximum atomic E-state index is 5.88. The van der Waals surface area contributed by atoms with E-state index in [0.717, 1.165) is 23.6 Å². The van der Waals surface area contributed by atoms with Crippen LogP contribution in [0.2, 0.25) is 0 Å². The molecule has 12 heavy (non-hydrogen) atoms. The van der Waals surface area contributed by atoms with Crippen LogP contribution in [0, 0.1) is 17.8 Å². The van der Waals surface area contributed by atoms with Gasteiger partial charge in [0.05, 0.1) is 0 Å². The van der Waals surface area contributed by atoms with Gasteiger partial charge in [-0.1, -0.05) is 32.4 Å². The summed E-state index contributed by atoms with van der Waals surface area (Å²) in [5.74, 6) is 2.99. The van der Waals surface area contributed by atoms with E-state index in [1.165, 1.54) is 18.4 Å². The monoisotopic (exact) mass is 186 g/mol. The van der Waals surface area contributed by atoms with Gasteiger partial charge in [0.15, 0.2) is 0 Å². The van der Waals surface area contributed by atoms with Gasteiger partial charge >= 0.3 is 0 Å². The minimum atomic E-state index is 0.720. The molecule has 2 atom stereocenters. The molecule has 0 nitrogen and oxygen atoms in total. The third-order valence-electron chi connectivity index (χ3n) is 3.00. The van der Waals surface area contributed by atoms with E-state index in [2.05, 4.69) is 26.8 Å². The van der Waals surface area contributed by atoms with Crippen molar-refractivity contribution in [3.8, 4) is 0 Å². The summed E-state index contributed by atoms with van der Waals surface area (Å²) in [4.78, 5) is 0. The van der Waals surface area contributed by atoms with Crippen LogP contribution in [0.5, 0.6) is 0 Å². The molecule has 0 aromatic carbocycles. The zero-order chi connectivity index (χ0) is 9.14. The summed E-state index contributed by atoms with van der Waals surface area (Å²) in [6.07, 6.45) is 5.08. The third-order valence-corrected chi connectivity index (χ3v) is 3.31. The average Bonchev–Trinajstić information content (AvgIpc) is 2.05. The fourth-order valence-electron chi connectivity index (χ4n) is 1.85. The molecule has 70 valence electrons. The minimum absolute atomic E-state index is 0.720. The molecule has 0 saturated carbocycles. The summed E-state index contributed by atoms with van der Waals surface area (Å²) in [6.45, 7) is 6.87. The van der Waals surface area contributed by atoms with Gasteiger partial charge in [0.2, 0.25) is 0 Å². The van der Waals surface area contributed by atoms with Crippen LogP contribution in [0.15, 0.2) is 11.6 Å². The van der Waals surface area contributed by atoms with E-state index in [0.29, 0.717) is 0 Å². The lowest BCUT2D eigenvalue weighted by Gasteiger charge is -2.27. The van der Waals surface area contributed by atoms with Gasteiger partial charge in [-0.2, -0.15) is 0 Å². The molecule has 1 rings (SSSR count). The van der Waals surface area contributed by atoms with Crippen molar-refractivity contribution in [1.29, 1.82) is 0 Å². The molecule has 0 radical (unpaired) electrons. The van der Waals surface area contributed by atoms with Crippen molar-refractivity contribution in [2.75, 3.05) is 5.88 Å². The zero-order valence-electron chi connectivity index (χ0n) is 8.31. The summed E-state index contributed by atoms with van der Waals surface area (Å²) in [5, 5.41) is 0. The first-order valence-corrected chi connectivity index (χ1v) is 5.45. The number of hydrogen-bond donors (Lipinski definition) is 0. The molecular weight excluding hydrogens is 168 g/mol. The van der Waals surface area contributed by atoms with Crippen LogP contribution >= 0.6 is 11.6 Å². The molecular formula is C11H19Cl. The first kappa shape index (κ1) is 10.1. The summed E-state index contributed by atoms with van der Waals surface area (Å²) in [5.41, 5.74) is 1.46. The molecule has 0 spiro atoms. The van der Waals surface area contributed by atoms with Crippen molar-refractivity contribution in [3.05, 3.63) is 11.6 Å². The summed E-state index contributed by atoms with van der Waals surface area (Å²) < 4.78 is 0. The summed E-state index contributed by atoms with van der Waals surface area (Å²) in [6, 6.07) is 0. The molecule has 0 N–H and O–H groups in total. The van der Waals surface area contributed by atoms with Gasteiger partial charge in [-0.3, -0.25) is 0 Å². The maximum absolute atomic E-state index is 5.88. The van der Waals surface area contributed by atoms with E-state index in [9.17, 15) is 0 Å². The van der Waals surface area contributed by atoms with Crippen LogP contribution in [-0.2, 0) is 0 Å². The predicted molar refractivity (Wildman–Crippen MR) is 55.5 cm³/mol. The highest BCUT2D eigenvalue weighted by atomic mass is 35.5. The topological polar surface area (TPSA) is 0 Å². The third kappa shape index (κ3) is 2.26. The van der Waals surface area contributed by atoms with Crippen LogP contribution in [0.4, 0.5) is 0 Å². The SMILES string of the molecule is CC(C)[C@H]1C=C(CCl)[C@@H](C)CC1. The number of rotatable bonds is 2. The van der Waals surface area contributed by atoms with E-state index in [-0.39, 0.29) is 0 Å². The van der Waals surface area contributed by atoms with Crippen molar-refractivity contribution < 1.29 is 0 Å². The smallest absolute Gasteiger partial charge is 0.0436 e. The Morgan fingerprint density at radius 1 is 1.50 bits per heavy atom. The summed E-state index contributed by atoms with van der Waals surface area (Å²) in [7, 11) is 0. The molecule has 0 saturated heterocycles. The van der Waals surface area contributed by atoms with Crippen molar-refractivity contribution >= 4 is 11.6 Å². The van der Waals surface area contributed by atoms with E-state index in [1.807, 2.05) is 0 Å². The molecule has 0 amide bonds. The molecule has 1 heteroatoms. The number of hydrogen-bond acceptors (Lipinski definition) is 0. The zero-order valence-corrected chi connectivity index (χ0v) is 9.06. The fourth-order valence-corrected chi connectivity index (χ4v) is 2.20. The normalized spacial score (nSPS) is 30.6. The number of halogens is 1. The van der Waals surface area contributed by atoms with Crippen molar-refractivity contribution in [2.45, 2.75) is 33.6 Å². The Morgan fingerprint density at radius 3 is 2.67 bits per heavy atom. The van der Waals surface area contributed by atoms with E-state index in [1.54, 1.807) is 0 Å². The van der Waals surface area contributed by atoms with Gasteiger partial charge < -0.3 is 0 Å².